The van der Waals surface area contributed by atoms with Crippen LogP contribution in [0.3, 0.4) is 0 Å². The molecule has 0 spiro atoms. The summed E-state index contributed by atoms with van der Waals surface area (Å²) in [6, 6.07) is 14.4. The van der Waals surface area contributed by atoms with E-state index in [-0.39, 0.29) is 5.69 Å². The highest BCUT2D eigenvalue weighted by Crippen LogP contribution is 2.35. The maximum Gasteiger partial charge on any atom is 0.356 e. The van der Waals surface area contributed by atoms with Crippen molar-refractivity contribution in [3.05, 3.63) is 69.8 Å². The van der Waals surface area contributed by atoms with Crippen LogP contribution in [-0.4, -0.2) is 18.1 Å². The third-order valence-corrected chi connectivity index (χ3v) is 3.94. The van der Waals surface area contributed by atoms with Crippen molar-refractivity contribution in [2.24, 2.45) is 0 Å². The molecule has 1 aromatic heterocycles. The molecule has 1 heterocycles. The Morgan fingerprint density at radius 2 is 1.88 bits per heavy atom. The molecule has 0 aliphatic rings. The molecule has 24 heavy (non-hydrogen) atoms. The Morgan fingerprint density at radius 1 is 1.12 bits per heavy atom. The number of benzene rings is 2. The molecule has 6 heteroatoms. The predicted octanol–water partition coefficient (Wildman–Crippen LogP) is 4.91. The van der Waals surface area contributed by atoms with E-state index in [0.717, 1.165) is 5.56 Å². The fourth-order valence-corrected chi connectivity index (χ4v) is 2.88. The van der Waals surface area contributed by atoms with E-state index in [1.54, 1.807) is 12.1 Å². The number of methoxy groups -OCH3 is 1. The van der Waals surface area contributed by atoms with E-state index >= 15 is 0 Å². The zero-order valence-electron chi connectivity index (χ0n) is 12.8. The average Bonchev–Trinajstić information content (AvgIpc) is 2.59. The Balaban J connectivity index is 2.07. The molecule has 122 valence electrons. The number of aromatic nitrogens is 1. The van der Waals surface area contributed by atoms with Crippen molar-refractivity contribution in [3.63, 3.8) is 0 Å². The summed E-state index contributed by atoms with van der Waals surface area (Å²) in [7, 11) is 1.30. The number of fused-ring (bicyclic) bond motifs is 1. The smallest absolute Gasteiger partial charge is 0.356 e. The van der Waals surface area contributed by atoms with Gasteiger partial charge in [0.15, 0.2) is 5.69 Å². The van der Waals surface area contributed by atoms with E-state index in [2.05, 4.69) is 4.98 Å². The number of hydrogen-bond donors (Lipinski definition) is 0. The molecule has 0 aliphatic heterocycles. The van der Waals surface area contributed by atoms with E-state index in [1.807, 2.05) is 30.3 Å². The van der Waals surface area contributed by atoms with Gasteiger partial charge in [0.2, 0.25) is 0 Å². The van der Waals surface area contributed by atoms with Gasteiger partial charge in [-0.1, -0.05) is 53.5 Å². The molecule has 2 aromatic carbocycles. The van der Waals surface area contributed by atoms with Crippen LogP contribution in [0.1, 0.15) is 16.1 Å². The summed E-state index contributed by atoms with van der Waals surface area (Å²) in [4.78, 5) is 16.1. The van der Waals surface area contributed by atoms with Gasteiger partial charge in [0.05, 0.1) is 23.0 Å². The molecule has 0 N–H and O–H groups in total. The van der Waals surface area contributed by atoms with E-state index in [9.17, 15) is 4.79 Å². The molecule has 0 bridgehead atoms. The molecule has 0 atom stereocenters. The lowest BCUT2D eigenvalue weighted by atomic mass is 10.1. The first-order valence-electron chi connectivity index (χ1n) is 7.13. The van der Waals surface area contributed by atoms with Gasteiger partial charge in [0.25, 0.3) is 0 Å². The van der Waals surface area contributed by atoms with Crippen molar-refractivity contribution < 1.29 is 14.3 Å². The van der Waals surface area contributed by atoms with Gasteiger partial charge in [-0.25, -0.2) is 9.78 Å². The van der Waals surface area contributed by atoms with Crippen molar-refractivity contribution in [3.8, 4) is 5.75 Å². The quantitative estimate of drug-likeness (QED) is 0.619. The largest absolute Gasteiger partial charge is 0.488 e. The van der Waals surface area contributed by atoms with Gasteiger partial charge >= 0.3 is 5.97 Å². The summed E-state index contributed by atoms with van der Waals surface area (Å²) in [5.41, 5.74) is 1.59. The maximum absolute atomic E-state index is 11.8. The minimum atomic E-state index is -0.558. The van der Waals surface area contributed by atoms with Gasteiger partial charge in [-0.05, 0) is 17.7 Å². The van der Waals surface area contributed by atoms with Gasteiger partial charge in [0.1, 0.15) is 12.4 Å². The second-order valence-electron chi connectivity index (χ2n) is 5.05. The van der Waals surface area contributed by atoms with Crippen molar-refractivity contribution >= 4 is 40.1 Å². The Kier molecular flexibility index (Phi) is 4.88. The maximum atomic E-state index is 11.8. The monoisotopic (exact) mass is 361 g/mol. The Morgan fingerprint density at radius 3 is 2.58 bits per heavy atom. The van der Waals surface area contributed by atoms with E-state index in [4.69, 9.17) is 32.7 Å². The molecule has 4 nitrogen and oxygen atoms in total. The van der Waals surface area contributed by atoms with E-state index < -0.39 is 5.97 Å². The molecule has 0 amide bonds. The molecule has 3 rings (SSSR count). The topological polar surface area (TPSA) is 48.4 Å². The first-order valence-corrected chi connectivity index (χ1v) is 7.89. The summed E-state index contributed by atoms with van der Waals surface area (Å²) in [6.45, 7) is 0.333. The first kappa shape index (κ1) is 16.6. The third-order valence-electron chi connectivity index (χ3n) is 3.42. The number of rotatable bonds is 4. The molecule has 0 unspecified atom stereocenters. The van der Waals surface area contributed by atoms with Crippen LogP contribution in [0, 0.1) is 0 Å². The third kappa shape index (κ3) is 3.45. The zero-order valence-corrected chi connectivity index (χ0v) is 14.3. The molecular weight excluding hydrogens is 349 g/mol. The minimum Gasteiger partial charge on any atom is -0.488 e. The van der Waals surface area contributed by atoms with Crippen molar-refractivity contribution in [2.45, 2.75) is 6.61 Å². The van der Waals surface area contributed by atoms with Crippen LogP contribution in [0.4, 0.5) is 0 Å². The molecule has 0 saturated carbocycles. The van der Waals surface area contributed by atoms with Gasteiger partial charge in [-0.15, -0.1) is 0 Å². The summed E-state index contributed by atoms with van der Waals surface area (Å²) < 4.78 is 10.6. The number of nitrogens with zero attached hydrogens (tertiary/aromatic N) is 1. The highest BCUT2D eigenvalue weighted by molar-refractivity contribution is 6.39. The Labute approximate surface area is 148 Å². The number of carbonyl (C=O) groups is 1. The van der Waals surface area contributed by atoms with E-state index in [1.165, 1.54) is 13.2 Å². The second-order valence-corrected chi connectivity index (χ2v) is 5.90. The molecule has 0 saturated heterocycles. The zero-order chi connectivity index (χ0) is 17.1. The van der Waals surface area contributed by atoms with E-state index in [0.29, 0.717) is 33.3 Å². The molecule has 0 aliphatic carbocycles. The second kappa shape index (κ2) is 7.07. The van der Waals surface area contributed by atoms with Crippen LogP contribution in [-0.2, 0) is 11.3 Å². The number of pyridine rings is 1. The lowest BCUT2D eigenvalue weighted by Crippen LogP contribution is -2.06. The fraction of sp³-hybridized carbons (Fsp3) is 0.111. The summed E-state index contributed by atoms with van der Waals surface area (Å²) in [5, 5.41) is 1.44. The van der Waals surface area contributed by atoms with Crippen molar-refractivity contribution in [1.82, 2.24) is 4.98 Å². The van der Waals surface area contributed by atoms with Crippen molar-refractivity contribution in [2.75, 3.05) is 7.11 Å². The summed E-state index contributed by atoms with van der Waals surface area (Å²) in [5.74, 6) is -0.108. The van der Waals surface area contributed by atoms with Gasteiger partial charge in [-0.2, -0.15) is 0 Å². The van der Waals surface area contributed by atoms with Crippen LogP contribution >= 0.6 is 23.2 Å². The number of ether oxygens (including phenoxy) is 2. The van der Waals surface area contributed by atoms with Crippen molar-refractivity contribution in [1.29, 1.82) is 0 Å². The van der Waals surface area contributed by atoms with Crippen LogP contribution in [0.15, 0.2) is 48.5 Å². The number of hydrogen-bond acceptors (Lipinski definition) is 4. The molecular formula is C18H13Cl2NO3. The lowest BCUT2D eigenvalue weighted by Gasteiger charge is -2.12. The number of carbonyl (C=O) groups excluding carboxylic acids is 1. The molecule has 0 radical (unpaired) electrons. The minimum absolute atomic E-state index is 0.131. The van der Waals surface area contributed by atoms with Gasteiger partial charge in [0, 0.05) is 11.1 Å². The predicted molar refractivity (Wildman–Crippen MR) is 93.9 cm³/mol. The van der Waals surface area contributed by atoms with Crippen LogP contribution in [0.25, 0.3) is 10.9 Å². The molecule has 3 aromatic rings. The summed E-state index contributed by atoms with van der Waals surface area (Å²) in [6.07, 6.45) is 0. The highest BCUT2D eigenvalue weighted by Gasteiger charge is 2.16. The van der Waals surface area contributed by atoms with Crippen LogP contribution in [0.5, 0.6) is 5.75 Å². The molecule has 0 fully saturated rings. The fourth-order valence-electron chi connectivity index (χ4n) is 2.31. The average molecular weight is 362 g/mol. The van der Waals surface area contributed by atoms with Gasteiger partial charge in [-0.3, -0.25) is 0 Å². The number of halogens is 2. The Bertz CT molecular complexity index is 898. The summed E-state index contributed by atoms with van der Waals surface area (Å²) >= 11 is 12.3. The highest BCUT2D eigenvalue weighted by atomic mass is 35.5. The first-order chi connectivity index (χ1) is 11.6. The van der Waals surface area contributed by atoms with Gasteiger partial charge < -0.3 is 9.47 Å². The number of esters is 1. The van der Waals surface area contributed by atoms with Crippen LogP contribution < -0.4 is 4.74 Å². The Hall–Kier alpha value is -2.30. The van der Waals surface area contributed by atoms with Crippen LogP contribution in [0.2, 0.25) is 10.0 Å². The standard InChI is InChI=1S/C18H13Cl2NO3/c1-23-18(22)15-9-16(24-10-11-5-3-2-4-6-11)17-13(20)7-12(19)8-14(17)21-15/h2-9H,10H2,1H3. The lowest BCUT2D eigenvalue weighted by molar-refractivity contribution is 0.0594. The SMILES string of the molecule is COC(=O)c1cc(OCc2ccccc2)c2c(Cl)cc(Cl)cc2n1. The normalized spacial score (nSPS) is 10.6.